The van der Waals surface area contributed by atoms with Gasteiger partial charge in [-0.05, 0) is 35.7 Å². The van der Waals surface area contributed by atoms with Crippen LogP contribution in [0.3, 0.4) is 0 Å². The smallest absolute Gasteiger partial charge is 0.138 e. The molecule has 0 aliphatic heterocycles. The Morgan fingerprint density at radius 1 is 0.929 bits per heavy atom. The number of nitrogen functional groups attached to an aromatic ring is 2. The number of hydrogen-bond acceptors (Lipinski definition) is 6. The molecule has 0 aromatic heterocycles. The summed E-state index contributed by atoms with van der Waals surface area (Å²) >= 11 is 1.93. The number of nitriles is 2. The van der Waals surface area contributed by atoms with Crippen LogP contribution in [0.25, 0.3) is 0 Å². The maximum absolute atomic E-state index is 8.52. The van der Waals surface area contributed by atoms with E-state index in [2.05, 4.69) is 0 Å². The van der Waals surface area contributed by atoms with Gasteiger partial charge in [-0.2, -0.15) is 10.5 Å². The van der Waals surface area contributed by atoms with Crippen LogP contribution in [0.4, 0.5) is 11.4 Å². The molecule has 0 atom stereocenters. The molecule has 0 radical (unpaired) electrons. The van der Waals surface area contributed by atoms with E-state index in [0.717, 1.165) is 23.5 Å². The Kier molecular flexibility index (Phi) is 3.52. The molecule has 6 heteroatoms. The van der Waals surface area contributed by atoms with Crippen LogP contribution in [0, 0.1) is 21.3 Å². The second-order valence-corrected chi connectivity index (χ2v) is 3.97. The third-order valence-corrected chi connectivity index (χ3v) is 2.89. The highest BCUT2D eigenvalue weighted by Gasteiger charge is 2.07. The average Bonchev–Trinajstić information content (AvgIpc) is 2.14. The molecule has 1 aromatic carbocycles. The van der Waals surface area contributed by atoms with E-state index in [-0.39, 0.29) is 0 Å². The van der Waals surface area contributed by atoms with Crippen molar-refractivity contribution in [1.82, 2.24) is 0 Å². The summed E-state index contributed by atoms with van der Waals surface area (Å²) < 4.78 is 0. The first-order valence-corrected chi connectivity index (χ1v) is 5.13. The fourth-order valence-electron chi connectivity index (χ4n) is 0.849. The van der Waals surface area contributed by atoms with Gasteiger partial charge in [0.2, 0.25) is 0 Å². The molecule has 4 nitrogen and oxygen atoms in total. The summed E-state index contributed by atoms with van der Waals surface area (Å²) in [6, 6.07) is 3.20. The minimum absolute atomic E-state index is 0.421. The lowest BCUT2D eigenvalue weighted by Gasteiger charge is -2.05. The number of benzene rings is 1. The summed E-state index contributed by atoms with van der Waals surface area (Å²) in [5.74, 6) is 0. The first kappa shape index (κ1) is 10.6. The molecule has 4 N–H and O–H groups in total. The molecule has 0 amide bonds. The topological polar surface area (TPSA) is 99.6 Å². The van der Waals surface area contributed by atoms with Gasteiger partial charge in [0.1, 0.15) is 10.8 Å². The summed E-state index contributed by atoms with van der Waals surface area (Å²) in [5, 5.41) is 20.9. The quantitative estimate of drug-likeness (QED) is 0.451. The van der Waals surface area contributed by atoms with E-state index in [0.29, 0.717) is 21.2 Å². The van der Waals surface area contributed by atoms with E-state index in [1.165, 1.54) is 0 Å². The molecular formula is C8H6N4S2. The molecule has 0 spiro atoms. The van der Waals surface area contributed by atoms with E-state index in [1.54, 1.807) is 12.1 Å². The molecule has 0 saturated carbocycles. The number of anilines is 2. The van der Waals surface area contributed by atoms with Gasteiger partial charge in [0.05, 0.1) is 11.4 Å². The third-order valence-electron chi connectivity index (χ3n) is 1.46. The van der Waals surface area contributed by atoms with Crippen molar-refractivity contribution in [2.24, 2.45) is 0 Å². The van der Waals surface area contributed by atoms with Gasteiger partial charge < -0.3 is 11.5 Å². The van der Waals surface area contributed by atoms with Crippen molar-refractivity contribution in [3.63, 3.8) is 0 Å². The van der Waals surface area contributed by atoms with Gasteiger partial charge in [-0.15, -0.1) is 0 Å². The summed E-state index contributed by atoms with van der Waals surface area (Å²) in [6.07, 6.45) is 0. The van der Waals surface area contributed by atoms with E-state index >= 15 is 0 Å². The second kappa shape index (κ2) is 4.66. The molecule has 0 unspecified atom stereocenters. The summed E-state index contributed by atoms with van der Waals surface area (Å²) in [6.45, 7) is 0. The molecule has 1 aromatic rings. The number of hydrogen-bond donors (Lipinski definition) is 2. The number of nitrogens with two attached hydrogens (primary N) is 2. The van der Waals surface area contributed by atoms with E-state index in [9.17, 15) is 0 Å². The molecule has 70 valence electrons. The van der Waals surface area contributed by atoms with Crippen molar-refractivity contribution >= 4 is 34.9 Å². The van der Waals surface area contributed by atoms with Gasteiger partial charge in [-0.25, -0.2) is 0 Å². The Morgan fingerprint density at radius 2 is 1.29 bits per heavy atom. The zero-order chi connectivity index (χ0) is 10.6. The van der Waals surface area contributed by atoms with Gasteiger partial charge in [-0.1, -0.05) is 0 Å². The largest absolute Gasteiger partial charge is 0.397 e. The Labute approximate surface area is 89.9 Å². The van der Waals surface area contributed by atoms with Gasteiger partial charge in [0.25, 0.3) is 0 Å². The standard InChI is InChI=1S/C8H6N4S2/c9-3-13-7-1-5(11)6(12)2-8(7)14-4-10/h1-2H,11-12H2. The number of thiocyanates is 2. The Balaban J connectivity index is 3.19. The maximum atomic E-state index is 8.52. The van der Waals surface area contributed by atoms with E-state index in [1.807, 2.05) is 10.8 Å². The molecule has 0 aliphatic rings. The van der Waals surface area contributed by atoms with Crippen LogP contribution in [0.5, 0.6) is 0 Å². The zero-order valence-corrected chi connectivity index (χ0v) is 8.65. The first-order chi connectivity index (χ1) is 6.69. The normalized spacial score (nSPS) is 9.00. The molecular weight excluding hydrogens is 216 g/mol. The predicted molar refractivity (Wildman–Crippen MR) is 58.2 cm³/mol. The van der Waals surface area contributed by atoms with Crippen molar-refractivity contribution in [1.29, 1.82) is 10.5 Å². The van der Waals surface area contributed by atoms with Gasteiger partial charge >= 0.3 is 0 Å². The zero-order valence-electron chi connectivity index (χ0n) is 7.02. The lowest BCUT2D eigenvalue weighted by atomic mass is 10.3. The van der Waals surface area contributed by atoms with Gasteiger partial charge in [0.15, 0.2) is 0 Å². The van der Waals surface area contributed by atoms with Gasteiger partial charge in [-0.3, -0.25) is 0 Å². The van der Waals surface area contributed by atoms with E-state index < -0.39 is 0 Å². The first-order valence-electron chi connectivity index (χ1n) is 3.50. The van der Waals surface area contributed by atoms with Crippen LogP contribution < -0.4 is 11.5 Å². The second-order valence-electron chi connectivity index (χ2n) is 2.31. The highest BCUT2D eigenvalue weighted by atomic mass is 32.2. The number of nitrogens with zero attached hydrogens (tertiary/aromatic N) is 2. The molecule has 0 fully saturated rings. The summed E-state index contributed by atoms with van der Waals surface area (Å²) in [4.78, 5) is 1.32. The van der Waals surface area contributed by atoms with Crippen molar-refractivity contribution in [2.75, 3.05) is 11.5 Å². The van der Waals surface area contributed by atoms with Crippen LogP contribution in [0.15, 0.2) is 21.9 Å². The third kappa shape index (κ3) is 2.25. The SMILES string of the molecule is N#CSc1cc(N)c(N)cc1SC#N. The Bertz CT molecular complexity index is 389. The molecule has 0 aliphatic carbocycles. The van der Waals surface area contributed by atoms with Crippen LogP contribution >= 0.6 is 23.5 Å². The predicted octanol–water partition coefficient (Wildman–Crippen LogP) is 2.00. The fourth-order valence-corrected chi connectivity index (χ4v) is 1.99. The van der Waals surface area contributed by atoms with Crippen LogP contribution in [-0.2, 0) is 0 Å². The van der Waals surface area contributed by atoms with Crippen molar-refractivity contribution < 1.29 is 0 Å². The molecule has 1 rings (SSSR count). The molecule has 0 heterocycles. The van der Waals surface area contributed by atoms with Crippen LogP contribution in [0.1, 0.15) is 0 Å². The molecule has 0 saturated heterocycles. The summed E-state index contributed by atoms with van der Waals surface area (Å²) in [5.41, 5.74) is 12.0. The van der Waals surface area contributed by atoms with Crippen molar-refractivity contribution in [3.05, 3.63) is 12.1 Å². The Morgan fingerprint density at radius 3 is 1.57 bits per heavy atom. The van der Waals surface area contributed by atoms with Crippen molar-refractivity contribution in [2.45, 2.75) is 9.79 Å². The van der Waals surface area contributed by atoms with Crippen LogP contribution in [-0.4, -0.2) is 0 Å². The lowest BCUT2D eigenvalue weighted by Crippen LogP contribution is -1.95. The molecule has 0 bridgehead atoms. The lowest BCUT2D eigenvalue weighted by molar-refractivity contribution is 1.27. The van der Waals surface area contributed by atoms with Crippen LogP contribution in [0.2, 0.25) is 0 Å². The fraction of sp³-hybridized carbons (Fsp3) is 0. The molecule has 14 heavy (non-hydrogen) atoms. The minimum Gasteiger partial charge on any atom is -0.397 e. The average molecular weight is 222 g/mol. The van der Waals surface area contributed by atoms with Crippen molar-refractivity contribution in [3.8, 4) is 10.8 Å². The van der Waals surface area contributed by atoms with Gasteiger partial charge in [0, 0.05) is 9.79 Å². The summed E-state index contributed by atoms with van der Waals surface area (Å²) in [7, 11) is 0. The monoisotopic (exact) mass is 222 g/mol. The Hall–Kier alpha value is -1.50. The maximum Gasteiger partial charge on any atom is 0.138 e. The van der Waals surface area contributed by atoms with E-state index in [4.69, 9.17) is 22.0 Å². The number of rotatable bonds is 2. The highest BCUT2D eigenvalue weighted by molar-refractivity contribution is 8.06. The minimum atomic E-state index is 0.421. The highest BCUT2D eigenvalue weighted by Crippen LogP contribution is 2.34. The number of thioether (sulfide) groups is 2.